The third-order valence-electron chi connectivity index (χ3n) is 7.84. The first-order valence-electron chi connectivity index (χ1n) is 14.5. The van der Waals surface area contributed by atoms with E-state index in [1.165, 1.54) is 43.9 Å². The quantitative estimate of drug-likeness (QED) is 0.242. The standard InChI is InChI=1S/C33H37Cl2FN2O6S/c1-20(2)27(19-37(45(42,43)33(3,4)5)26-12-7-6-11-25(26)36)38-30(21-13-15-23(34)16-14-21)31(22-9-8-10-24(35)17-22)44-28(32(38)41)18-29(39)40/h6-17,20,27-28,30-31H,18-19H2,1-5H3,(H,39,40)/t27-,28?,30?,31-/m1/s1. The molecular weight excluding hydrogens is 642 g/mol. The summed E-state index contributed by atoms with van der Waals surface area (Å²) >= 11 is 12.6. The maximum absolute atomic E-state index is 15.3. The summed E-state index contributed by atoms with van der Waals surface area (Å²) in [5.41, 5.74) is 1.05. The van der Waals surface area contributed by atoms with Crippen molar-refractivity contribution < 1.29 is 32.2 Å². The van der Waals surface area contributed by atoms with E-state index >= 15 is 4.39 Å². The number of amides is 1. The molecular formula is C33H37Cl2FN2O6S. The zero-order valence-corrected chi connectivity index (χ0v) is 28.0. The van der Waals surface area contributed by atoms with Crippen LogP contribution in [0.15, 0.2) is 72.8 Å². The van der Waals surface area contributed by atoms with Crippen LogP contribution in [-0.4, -0.2) is 53.7 Å². The van der Waals surface area contributed by atoms with Crippen molar-refractivity contribution >= 4 is 50.8 Å². The van der Waals surface area contributed by atoms with Gasteiger partial charge in [-0.1, -0.05) is 73.4 Å². The van der Waals surface area contributed by atoms with Crippen molar-refractivity contribution in [2.24, 2.45) is 5.92 Å². The number of anilines is 1. The Balaban J connectivity index is 1.97. The highest BCUT2D eigenvalue weighted by atomic mass is 35.5. The molecule has 1 saturated heterocycles. The topological polar surface area (TPSA) is 104 Å². The Kier molecular flexibility index (Phi) is 10.5. The fourth-order valence-corrected chi connectivity index (χ4v) is 7.20. The molecule has 3 aromatic carbocycles. The van der Waals surface area contributed by atoms with Gasteiger partial charge in [0.05, 0.1) is 35.5 Å². The Bertz CT molecular complexity index is 1650. The number of carbonyl (C=O) groups is 2. The first-order chi connectivity index (χ1) is 21.0. The van der Waals surface area contributed by atoms with E-state index in [4.69, 9.17) is 27.9 Å². The molecule has 2 unspecified atom stereocenters. The Morgan fingerprint density at radius 3 is 2.20 bits per heavy atom. The number of halogens is 3. The summed E-state index contributed by atoms with van der Waals surface area (Å²) in [7, 11) is -4.20. The number of para-hydroxylation sites is 1. The molecule has 1 aliphatic heterocycles. The maximum atomic E-state index is 15.3. The van der Waals surface area contributed by atoms with Crippen LogP contribution in [-0.2, 0) is 24.3 Å². The van der Waals surface area contributed by atoms with Gasteiger partial charge >= 0.3 is 5.97 Å². The highest BCUT2D eigenvalue weighted by Crippen LogP contribution is 2.45. The minimum Gasteiger partial charge on any atom is -0.481 e. The summed E-state index contributed by atoms with van der Waals surface area (Å²) in [4.78, 5) is 27.8. The molecule has 12 heteroatoms. The Hall–Kier alpha value is -3.18. The zero-order chi connectivity index (χ0) is 33.3. The van der Waals surface area contributed by atoms with Crippen LogP contribution in [0.1, 0.15) is 64.3 Å². The molecule has 1 aliphatic rings. The van der Waals surface area contributed by atoms with E-state index in [0.29, 0.717) is 21.2 Å². The van der Waals surface area contributed by atoms with Crippen LogP contribution in [0.5, 0.6) is 0 Å². The normalized spacial score (nSPS) is 19.9. The second-order valence-electron chi connectivity index (χ2n) is 12.4. The van der Waals surface area contributed by atoms with Crippen molar-refractivity contribution in [2.75, 3.05) is 10.8 Å². The molecule has 1 heterocycles. The van der Waals surface area contributed by atoms with Crippen LogP contribution < -0.4 is 4.31 Å². The van der Waals surface area contributed by atoms with Gasteiger partial charge in [-0.2, -0.15) is 0 Å². The average molecular weight is 680 g/mol. The van der Waals surface area contributed by atoms with Crippen molar-refractivity contribution in [1.29, 1.82) is 0 Å². The van der Waals surface area contributed by atoms with Gasteiger partial charge in [0.2, 0.25) is 10.0 Å². The number of carboxylic acid groups (broad SMARTS) is 1. The summed E-state index contributed by atoms with van der Waals surface area (Å²) in [5, 5.41) is 10.6. The highest BCUT2D eigenvalue weighted by molar-refractivity contribution is 7.94. The lowest BCUT2D eigenvalue weighted by molar-refractivity contribution is -0.184. The number of nitrogens with zero attached hydrogens (tertiary/aromatic N) is 2. The predicted molar refractivity (Wildman–Crippen MR) is 173 cm³/mol. The van der Waals surface area contributed by atoms with E-state index in [2.05, 4.69) is 0 Å². The van der Waals surface area contributed by atoms with Gasteiger partial charge in [-0.3, -0.25) is 13.9 Å². The lowest BCUT2D eigenvalue weighted by Crippen LogP contribution is -2.60. The second kappa shape index (κ2) is 13.7. The second-order valence-corrected chi connectivity index (χ2v) is 15.8. The van der Waals surface area contributed by atoms with Gasteiger partial charge in [0.15, 0.2) is 0 Å². The van der Waals surface area contributed by atoms with Crippen molar-refractivity contribution in [1.82, 2.24) is 4.90 Å². The van der Waals surface area contributed by atoms with Gasteiger partial charge in [0.1, 0.15) is 18.0 Å². The molecule has 0 radical (unpaired) electrons. The molecule has 0 spiro atoms. The molecule has 1 fully saturated rings. The highest BCUT2D eigenvalue weighted by Gasteiger charge is 2.49. The van der Waals surface area contributed by atoms with E-state index in [0.717, 1.165) is 4.31 Å². The fourth-order valence-electron chi connectivity index (χ4n) is 5.46. The van der Waals surface area contributed by atoms with Crippen LogP contribution in [0.4, 0.5) is 10.1 Å². The van der Waals surface area contributed by atoms with Crippen molar-refractivity contribution in [3.05, 3.63) is 99.8 Å². The predicted octanol–water partition coefficient (Wildman–Crippen LogP) is 7.28. The molecule has 8 nitrogen and oxygen atoms in total. The maximum Gasteiger partial charge on any atom is 0.306 e. The van der Waals surface area contributed by atoms with Crippen LogP contribution in [0.25, 0.3) is 0 Å². The summed E-state index contributed by atoms with van der Waals surface area (Å²) in [6, 6.07) is 17.5. The average Bonchev–Trinajstić information content (AvgIpc) is 2.95. The molecule has 4 rings (SSSR count). The number of aliphatic carboxylic acids is 1. The van der Waals surface area contributed by atoms with Gasteiger partial charge in [-0.25, -0.2) is 12.8 Å². The number of ether oxygens (including phenoxy) is 1. The zero-order valence-electron chi connectivity index (χ0n) is 25.7. The minimum absolute atomic E-state index is 0.157. The fraction of sp³-hybridized carbons (Fsp3) is 0.394. The Morgan fingerprint density at radius 2 is 1.64 bits per heavy atom. The Labute approximate surface area is 273 Å². The van der Waals surface area contributed by atoms with E-state index in [-0.39, 0.29) is 18.2 Å². The minimum atomic E-state index is -4.20. The number of carbonyl (C=O) groups excluding carboxylic acids is 1. The van der Waals surface area contributed by atoms with Crippen LogP contribution >= 0.6 is 23.2 Å². The molecule has 0 aliphatic carbocycles. The summed E-state index contributed by atoms with van der Waals surface area (Å²) in [6.45, 7) is 7.92. The monoisotopic (exact) mass is 678 g/mol. The number of morpholine rings is 1. The molecule has 0 aromatic heterocycles. The number of rotatable bonds is 10. The molecule has 1 amide bonds. The van der Waals surface area contributed by atoms with E-state index in [1.54, 1.807) is 54.6 Å². The number of benzene rings is 3. The molecule has 4 atom stereocenters. The molecule has 0 bridgehead atoms. The molecule has 0 saturated carbocycles. The largest absolute Gasteiger partial charge is 0.481 e. The first-order valence-corrected chi connectivity index (χ1v) is 16.7. The summed E-state index contributed by atoms with van der Waals surface area (Å²) in [5.74, 6) is -2.99. The van der Waals surface area contributed by atoms with E-state index < -0.39 is 63.2 Å². The SMILES string of the molecule is CC(C)[C@@H](CN(c1ccccc1F)S(=O)(=O)C(C)(C)C)N1C(=O)C(CC(=O)O)O[C@H](c2cccc(Cl)c2)C1c1ccc(Cl)cc1. The number of sulfonamides is 1. The van der Waals surface area contributed by atoms with Gasteiger partial charge in [-0.05, 0) is 74.2 Å². The molecule has 1 N–H and O–H groups in total. The van der Waals surface area contributed by atoms with Crippen LogP contribution in [0, 0.1) is 11.7 Å². The molecule has 3 aromatic rings. The first kappa shape index (κ1) is 34.7. The van der Waals surface area contributed by atoms with Crippen molar-refractivity contribution in [3.8, 4) is 0 Å². The Morgan fingerprint density at radius 1 is 1.00 bits per heavy atom. The number of hydrogen-bond acceptors (Lipinski definition) is 5. The van der Waals surface area contributed by atoms with Crippen molar-refractivity contribution in [2.45, 2.75) is 70.1 Å². The van der Waals surface area contributed by atoms with Gasteiger partial charge in [0.25, 0.3) is 5.91 Å². The smallest absolute Gasteiger partial charge is 0.306 e. The lowest BCUT2D eigenvalue weighted by atomic mass is 9.88. The number of carboxylic acids is 1. The van der Waals surface area contributed by atoms with Crippen LogP contribution in [0.3, 0.4) is 0 Å². The summed E-state index contributed by atoms with van der Waals surface area (Å²) in [6.07, 6.45) is -2.91. The van der Waals surface area contributed by atoms with Crippen LogP contribution in [0.2, 0.25) is 10.0 Å². The third-order valence-corrected chi connectivity index (χ3v) is 10.8. The van der Waals surface area contributed by atoms with Gasteiger partial charge in [0, 0.05) is 10.0 Å². The third kappa shape index (κ3) is 7.46. The molecule has 242 valence electrons. The van der Waals surface area contributed by atoms with Crippen molar-refractivity contribution in [3.63, 3.8) is 0 Å². The van der Waals surface area contributed by atoms with Gasteiger partial charge in [-0.15, -0.1) is 0 Å². The van der Waals surface area contributed by atoms with E-state index in [9.17, 15) is 23.1 Å². The molecule has 45 heavy (non-hydrogen) atoms. The van der Waals surface area contributed by atoms with E-state index in [1.807, 2.05) is 13.8 Å². The summed E-state index contributed by atoms with van der Waals surface area (Å²) < 4.78 is 49.5. The number of hydrogen-bond donors (Lipinski definition) is 1. The van der Waals surface area contributed by atoms with Gasteiger partial charge < -0.3 is 14.7 Å². The lowest BCUT2D eigenvalue weighted by Gasteiger charge is -2.50.